The number of amides is 1. The van der Waals surface area contributed by atoms with E-state index in [1.807, 2.05) is 0 Å². The van der Waals surface area contributed by atoms with E-state index in [0.29, 0.717) is 5.56 Å². The molecule has 86 valence electrons. The Hall–Kier alpha value is -1.87. The lowest BCUT2D eigenvalue weighted by Gasteiger charge is -2.08. The Bertz CT molecular complexity index is 583. The molecular weight excluding hydrogens is 241 g/mol. The third-order valence-corrected chi connectivity index (χ3v) is 2.73. The van der Waals surface area contributed by atoms with Gasteiger partial charge in [0.2, 0.25) is 5.91 Å². The zero-order valence-corrected chi connectivity index (χ0v) is 9.54. The van der Waals surface area contributed by atoms with Gasteiger partial charge in [0.05, 0.1) is 5.02 Å². The van der Waals surface area contributed by atoms with Gasteiger partial charge in [-0.1, -0.05) is 41.9 Å². The van der Waals surface area contributed by atoms with Crippen LogP contribution in [-0.4, -0.2) is 5.91 Å². The first-order valence-corrected chi connectivity index (χ1v) is 5.32. The number of rotatable bonds is 2. The summed E-state index contributed by atoms with van der Waals surface area (Å²) in [6, 6.07) is 11.2. The molecular formula is C13H9ClFNO. The van der Waals surface area contributed by atoms with Crippen LogP contribution in [0.1, 0.15) is 10.4 Å². The van der Waals surface area contributed by atoms with Gasteiger partial charge in [-0.05, 0) is 17.7 Å². The van der Waals surface area contributed by atoms with Crippen molar-refractivity contribution in [3.8, 4) is 11.1 Å². The van der Waals surface area contributed by atoms with Crippen LogP contribution in [0.5, 0.6) is 0 Å². The molecule has 0 heterocycles. The van der Waals surface area contributed by atoms with Crippen molar-refractivity contribution in [3.05, 3.63) is 58.9 Å². The number of nitrogens with two attached hydrogens (primary N) is 1. The molecule has 0 saturated heterocycles. The molecule has 0 saturated carbocycles. The quantitative estimate of drug-likeness (QED) is 0.872. The lowest BCUT2D eigenvalue weighted by molar-refractivity contribution is 0.100. The van der Waals surface area contributed by atoms with E-state index >= 15 is 0 Å². The summed E-state index contributed by atoms with van der Waals surface area (Å²) in [4.78, 5) is 11.3. The first kappa shape index (κ1) is 11.6. The summed E-state index contributed by atoms with van der Waals surface area (Å²) in [5.74, 6) is -1.15. The second-order valence-electron chi connectivity index (χ2n) is 3.51. The molecule has 0 bridgehead atoms. The maximum absolute atomic E-state index is 13.8. The largest absolute Gasteiger partial charge is 0.366 e. The summed E-state index contributed by atoms with van der Waals surface area (Å²) in [6.45, 7) is 0. The predicted octanol–water partition coefficient (Wildman–Crippen LogP) is 3.25. The normalized spacial score (nSPS) is 10.2. The van der Waals surface area contributed by atoms with E-state index < -0.39 is 11.7 Å². The van der Waals surface area contributed by atoms with Crippen LogP contribution >= 0.6 is 11.6 Å². The number of benzene rings is 2. The topological polar surface area (TPSA) is 43.1 Å². The number of hydrogen-bond acceptors (Lipinski definition) is 1. The van der Waals surface area contributed by atoms with Gasteiger partial charge in [-0.3, -0.25) is 4.79 Å². The molecule has 0 aromatic heterocycles. The van der Waals surface area contributed by atoms with Crippen LogP contribution in [-0.2, 0) is 0 Å². The molecule has 0 radical (unpaired) electrons. The molecule has 0 unspecified atom stereocenters. The Morgan fingerprint density at radius 1 is 1.06 bits per heavy atom. The lowest BCUT2D eigenvalue weighted by Crippen LogP contribution is -2.12. The van der Waals surface area contributed by atoms with Crippen LogP contribution in [0.25, 0.3) is 11.1 Å². The third kappa shape index (κ3) is 2.15. The van der Waals surface area contributed by atoms with Crippen molar-refractivity contribution >= 4 is 17.5 Å². The van der Waals surface area contributed by atoms with Crippen LogP contribution < -0.4 is 5.73 Å². The minimum absolute atomic E-state index is 0.0155. The van der Waals surface area contributed by atoms with E-state index in [0.717, 1.165) is 0 Å². The van der Waals surface area contributed by atoms with Crippen molar-refractivity contribution in [3.63, 3.8) is 0 Å². The van der Waals surface area contributed by atoms with Gasteiger partial charge in [0.15, 0.2) is 0 Å². The monoisotopic (exact) mass is 249 g/mol. The SMILES string of the molecule is NC(=O)c1ccccc1-c1cccc(Cl)c1F. The Kier molecular flexibility index (Phi) is 3.11. The first-order valence-electron chi connectivity index (χ1n) is 4.94. The maximum atomic E-state index is 13.8. The third-order valence-electron chi connectivity index (χ3n) is 2.43. The fraction of sp³-hybridized carbons (Fsp3) is 0. The van der Waals surface area contributed by atoms with E-state index in [4.69, 9.17) is 17.3 Å². The Morgan fingerprint density at radius 3 is 2.41 bits per heavy atom. The van der Waals surface area contributed by atoms with Gasteiger partial charge in [0.25, 0.3) is 0 Å². The van der Waals surface area contributed by atoms with Crippen LogP contribution in [0.4, 0.5) is 4.39 Å². The molecule has 2 N–H and O–H groups in total. The molecule has 0 aliphatic carbocycles. The van der Waals surface area contributed by atoms with E-state index in [-0.39, 0.29) is 16.1 Å². The minimum atomic E-state index is -0.597. The summed E-state index contributed by atoms with van der Waals surface area (Å²) in [7, 11) is 0. The Labute approximate surface area is 103 Å². The van der Waals surface area contributed by atoms with Gasteiger partial charge >= 0.3 is 0 Å². The molecule has 0 aliphatic heterocycles. The second kappa shape index (κ2) is 4.55. The zero-order valence-electron chi connectivity index (χ0n) is 8.78. The van der Waals surface area contributed by atoms with Crippen molar-refractivity contribution in [1.82, 2.24) is 0 Å². The number of carbonyl (C=O) groups is 1. The zero-order chi connectivity index (χ0) is 12.4. The summed E-state index contributed by atoms with van der Waals surface area (Å²) in [5.41, 5.74) is 6.23. The summed E-state index contributed by atoms with van der Waals surface area (Å²) in [6.07, 6.45) is 0. The van der Waals surface area contributed by atoms with Gasteiger partial charge in [-0.15, -0.1) is 0 Å². The average molecular weight is 250 g/mol. The average Bonchev–Trinajstić information content (AvgIpc) is 2.33. The van der Waals surface area contributed by atoms with E-state index in [1.54, 1.807) is 36.4 Å². The molecule has 17 heavy (non-hydrogen) atoms. The van der Waals surface area contributed by atoms with Crippen molar-refractivity contribution in [1.29, 1.82) is 0 Å². The van der Waals surface area contributed by atoms with Crippen LogP contribution in [0.15, 0.2) is 42.5 Å². The molecule has 2 nitrogen and oxygen atoms in total. The summed E-state index contributed by atoms with van der Waals surface area (Å²) in [5, 5.41) is 0.0155. The fourth-order valence-electron chi connectivity index (χ4n) is 1.64. The molecule has 4 heteroatoms. The minimum Gasteiger partial charge on any atom is -0.366 e. The van der Waals surface area contributed by atoms with Crippen molar-refractivity contribution < 1.29 is 9.18 Å². The van der Waals surface area contributed by atoms with Crippen molar-refractivity contribution in [2.24, 2.45) is 5.73 Å². The molecule has 0 aliphatic rings. The molecule has 2 rings (SSSR count). The highest BCUT2D eigenvalue weighted by atomic mass is 35.5. The van der Waals surface area contributed by atoms with Gasteiger partial charge < -0.3 is 5.73 Å². The number of primary amides is 1. The molecule has 1 amide bonds. The highest BCUT2D eigenvalue weighted by Gasteiger charge is 2.14. The van der Waals surface area contributed by atoms with Crippen LogP contribution in [0, 0.1) is 5.82 Å². The van der Waals surface area contributed by atoms with Gasteiger partial charge in [0.1, 0.15) is 5.82 Å². The standard InChI is InChI=1S/C13H9ClFNO/c14-11-7-3-6-9(12(11)15)8-4-1-2-5-10(8)13(16)17/h1-7H,(H2,16,17). The van der Waals surface area contributed by atoms with Crippen LogP contribution in [0.2, 0.25) is 5.02 Å². The highest BCUT2D eigenvalue weighted by Crippen LogP contribution is 2.29. The van der Waals surface area contributed by atoms with Crippen LogP contribution in [0.3, 0.4) is 0 Å². The second-order valence-corrected chi connectivity index (χ2v) is 3.92. The van der Waals surface area contributed by atoms with E-state index in [2.05, 4.69) is 0 Å². The molecule has 0 atom stereocenters. The smallest absolute Gasteiger partial charge is 0.249 e. The molecule has 0 spiro atoms. The maximum Gasteiger partial charge on any atom is 0.249 e. The van der Waals surface area contributed by atoms with E-state index in [1.165, 1.54) is 6.07 Å². The number of hydrogen-bond donors (Lipinski definition) is 1. The predicted molar refractivity (Wildman–Crippen MR) is 65.4 cm³/mol. The van der Waals surface area contributed by atoms with Gasteiger partial charge in [0, 0.05) is 11.1 Å². The van der Waals surface area contributed by atoms with Gasteiger partial charge in [-0.25, -0.2) is 4.39 Å². The highest BCUT2D eigenvalue weighted by molar-refractivity contribution is 6.31. The Balaban J connectivity index is 2.69. The number of carbonyl (C=O) groups excluding carboxylic acids is 1. The van der Waals surface area contributed by atoms with E-state index in [9.17, 15) is 9.18 Å². The van der Waals surface area contributed by atoms with Crippen molar-refractivity contribution in [2.75, 3.05) is 0 Å². The molecule has 0 fully saturated rings. The van der Waals surface area contributed by atoms with Crippen molar-refractivity contribution in [2.45, 2.75) is 0 Å². The number of halogens is 2. The first-order chi connectivity index (χ1) is 8.11. The summed E-state index contributed by atoms with van der Waals surface area (Å²) < 4.78 is 13.8. The van der Waals surface area contributed by atoms with Gasteiger partial charge in [-0.2, -0.15) is 0 Å². The molecule has 2 aromatic carbocycles. The fourth-order valence-corrected chi connectivity index (χ4v) is 1.82. The lowest BCUT2D eigenvalue weighted by atomic mass is 9.99. The summed E-state index contributed by atoms with van der Waals surface area (Å²) >= 11 is 5.70. The Morgan fingerprint density at radius 2 is 1.71 bits per heavy atom. The molecule has 2 aromatic rings.